The first-order chi connectivity index (χ1) is 10.5. The second-order valence-corrected chi connectivity index (χ2v) is 5.03. The molecule has 0 saturated heterocycles. The van der Waals surface area contributed by atoms with Crippen LogP contribution in [-0.2, 0) is 9.53 Å². The van der Waals surface area contributed by atoms with E-state index in [0.717, 1.165) is 0 Å². The number of esters is 1. The van der Waals surface area contributed by atoms with E-state index < -0.39 is 18.0 Å². The smallest absolute Gasteiger partial charge is 0.339 e. The number of amides is 1. The number of benzene rings is 2. The van der Waals surface area contributed by atoms with Crippen LogP contribution in [0, 0.1) is 0 Å². The largest absolute Gasteiger partial charge is 0.508 e. The molecule has 0 radical (unpaired) electrons. The maximum atomic E-state index is 12.0. The normalized spacial score (nSPS) is 11.5. The molecule has 0 aliphatic rings. The van der Waals surface area contributed by atoms with Crippen LogP contribution in [0.3, 0.4) is 0 Å². The molecule has 0 bridgehead atoms. The fraction of sp³-hybridized carbons (Fsp3) is 0.125. The molecule has 2 N–H and O–H groups in total. The van der Waals surface area contributed by atoms with Crippen LogP contribution in [0.25, 0.3) is 0 Å². The number of rotatable bonds is 4. The SMILES string of the molecule is CC(OC(=O)c1cccc(O)c1)C(=O)Nc1ccc(Cl)cc1. The first-order valence-corrected chi connectivity index (χ1v) is 6.90. The monoisotopic (exact) mass is 319 g/mol. The molecule has 1 amide bonds. The Hall–Kier alpha value is -2.53. The van der Waals surface area contributed by atoms with E-state index >= 15 is 0 Å². The van der Waals surface area contributed by atoms with Gasteiger partial charge in [0, 0.05) is 10.7 Å². The predicted molar refractivity (Wildman–Crippen MR) is 83.1 cm³/mol. The molecule has 5 nitrogen and oxygen atoms in total. The summed E-state index contributed by atoms with van der Waals surface area (Å²) in [4.78, 5) is 23.8. The molecule has 0 heterocycles. The van der Waals surface area contributed by atoms with Crippen molar-refractivity contribution in [1.29, 1.82) is 0 Å². The quantitative estimate of drug-likeness (QED) is 0.848. The van der Waals surface area contributed by atoms with Crippen LogP contribution >= 0.6 is 11.6 Å². The van der Waals surface area contributed by atoms with Gasteiger partial charge in [0.05, 0.1) is 5.56 Å². The molecular formula is C16H14ClNO4. The van der Waals surface area contributed by atoms with Gasteiger partial charge >= 0.3 is 5.97 Å². The van der Waals surface area contributed by atoms with Crippen LogP contribution < -0.4 is 5.32 Å². The summed E-state index contributed by atoms with van der Waals surface area (Å²) < 4.78 is 5.06. The Balaban J connectivity index is 1.96. The lowest BCUT2D eigenvalue weighted by molar-refractivity contribution is -0.123. The van der Waals surface area contributed by atoms with E-state index in [1.807, 2.05) is 0 Å². The number of anilines is 1. The van der Waals surface area contributed by atoms with Crippen molar-refractivity contribution in [2.45, 2.75) is 13.0 Å². The number of carbonyl (C=O) groups is 2. The fourth-order valence-corrected chi connectivity index (χ4v) is 1.82. The molecule has 2 aromatic carbocycles. The van der Waals surface area contributed by atoms with Crippen LogP contribution in [-0.4, -0.2) is 23.1 Å². The highest BCUT2D eigenvalue weighted by Gasteiger charge is 2.19. The molecule has 1 unspecified atom stereocenters. The van der Waals surface area contributed by atoms with Gasteiger partial charge in [-0.1, -0.05) is 17.7 Å². The van der Waals surface area contributed by atoms with Gasteiger partial charge in [-0.3, -0.25) is 4.79 Å². The summed E-state index contributed by atoms with van der Waals surface area (Å²) in [6.07, 6.45) is -0.981. The molecule has 2 aromatic rings. The van der Waals surface area contributed by atoms with Gasteiger partial charge in [0.25, 0.3) is 5.91 Å². The summed E-state index contributed by atoms with van der Waals surface area (Å²) in [5, 5.41) is 12.5. The predicted octanol–water partition coefficient (Wildman–Crippen LogP) is 3.23. The van der Waals surface area contributed by atoms with E-state index in [4.69, 9.17) is 16.3 Å². The average Bonchev–Trinajstić information content (AvgIpc) is 2.49. The van der Waals surface area contributed by atoms with Gasteiger partial charge in [-0.25, -0.2) is 4.79 Å². The van der Waals surface area contributed by atoms with Crippen molar-refractivity contribution in [3.05, 3.63) is 59.1 Å². The topological polar surface area (TPSA) is 75.6 Å². The minimum Gasteiger partial charge on any atom is -0.508 e. The number of ether oxygens (including phenoxy) is 1. The summed E-state index contributed by atoms with van der Waals surface area (Å²) in [5.74, 6) is -1.20. The maximum Gasteiger partial charge on any atom is 0.339 e. The number of hydrogen-bond donors (Lipinski definition) is 2. The van der Waals surface area contributed by atoms with Crippen molar-refractivity contribution >= 4 is 29.2 Å². The highest BCUT2D eigenvalue weighted by atomic mass is 35.5. The van der Waals surface area contributed by atoms with E-state index in [1.165, 1.54) is 31.2 Å². The number of halogens is 1. The molecule has 0 fully saturated rings. The second kappa shape index (κ2) is 6.95. The molecule has 0 aromatic heterocycles. The van der Waals surface area contributed by atoms with Gasteiger partial charge in [0.15, 0.2) is 6.10 Å². The Morgan fingerprint density at radius 2 is 1.86 bits per heavy atom. The summed E-state index contributed by atoms with van der Waals surface area (Å²) in [6.45, 7) is 1.46. The Kier molecular flexibility index (Phi) is 5.01. The third-order valence-corrected chi connectivity index (χ3v) is 3.10. The minimum atomic E-state index is -0.981. The lowest BCUT2D eigenvalue weighted by atomic mass is 10.2. The number of hydrogen-bond acceptors (Lipinski definition) is 4. The maximum absolute atomic E-state index is 12.0. The lowest BCUT2D eigenvalue weighted by Gasteiger charge is -2.13. The van der Waals surface area contributed by atoms with E-state index in [9.17, 15) is 14.7 Å². The van der Waals surface area contributed by atoms with Gasteiger partial charge in [-0.2, -0.15) is 0 Å². The van der Waals surface area contributed by atoms with Crippen molar-refractivity contribution < 1.29 is 19.4 Å². The van der Waals surface area contributed by atoms with Crippen LogP contribution in [0.1, 0.15) is 17.3 Å². The molecule has 0 saturated carbocycles. The van der Waals surface area contributed by atoms with E-state index in [-0.39, 0.29) is 11.3 Å². The number of nitrogens with one attached hydrogen (secondary N) is 1. The van der Waals surface area contributed by atoms with Crippen molar-refractivity contribution in [2.75, 3.05) is 5.32 Å². The molecule has 0 aliphatic carbocycles. The molecular weight excluding hydrogens is 306 g/mol. The zero-order valence-electron chi connectivity index (χ0n) is 11.7. The molecule has 114 valence electrons. The summed E-state index contributed by atoms with van der Waals surface area (Å²) in [7, 11) is 0. The van der Waals surface area contributed by atoms with E-state index in [1.54, 1.807) is 24.3 Å². The minimum absolute atomic E-state index is 0.0484. The molecule has 22 heavy (non-hydrogen) atoms. The number of carbonyl (C=O) groups excluding carboxylic acids is 2. The lowest BCUT2D eigenvalue weighted by Crippen LogP contribution is -2.29. The van der Waals surface area contributed by atoms with Gasteiger partial charge in [0.2, 0.25) is 0 Å². The van der Waals surface area contributed by atoms with Crippen LogP contribution in [0.15, 0.2) is 48.5 Å². The molecule has 2 rings (SSSR count). The first-order valence-electron chi connectivity index (χ1n) is 6.52. The number of aromatic hydroxyl groups is 1. The van der Waals surface area contributed by atoms with Gasteiger partial charge < -0.3 is 15.2 Å². The van der Waals surface area contributed by atoms with Crippen molar-refractivity contribution in [3.63, 3.8) is 0 Å². The van der Waals surface area contributed by atoms with Gasteiger partial charge in [-0.05, 0) is 49.4 Å². The molecule has 6 heteroatoms. The van der Waals surface area contributed by atoms with E-state index in [0.29, 0.717) is 10.7 Å². The zero-order valence-corrected chi connectivity index (χ0v) is 12.5. The highest BCUT2D eigenvalue weighted by molar-refractivity contribution is 6.30. The number of phenols is 1. The Morgan fingerprint density at radius 3 is 2.50 bits per heavy atom. The second-order valence-electron chi connectivity index (χ2n) is 4.59. The van der Waals surface area contributed by atoms with Crippen LogP contribution in [0.4, 0.5) is 5.69 Å². The summed E-state index contributed by atoms with van der Waals surface area (Å²) in [5.41, 5.74) is 0.723. The zero-order chi connectivity index (χ0) is 16.1. The van der Waals surface area contributed by atoms with Crippen LogP contribution in [0.2, 0.25) is 5.02 Å². The van der Waals surface area contributed by atoms with Crippen molar-refractivity contribution in [2.24, 2.45) is 0 Å². The molecule has 1 atom stereocenters. The first kappa shape index (κ1) is 15.9. The highest BCUT2D eigenvalue weighted by Crippen LogP contribution is 2.15. The fourth-order valence-electron chi connectivity index (χ4n) is 1.69. The molecule has 0 aliphatic heterocycles. The molecule has 0 spiro atoms. The Labute approximate surface area is 132 Å². The van der Waals surface area contributed by atoms with Crippen molar-refractivity contribution in [3.8, 4) is 5.75 Å². The van der Waals surface area contributed by atoms with E-state index in [2.05, 4.69) is 5.32 Å². The average molecular weight is 320 g/mol. The third-order valence-electron chi connectivity index (χ3n) is 2.85. The van der Waals surface area contributed by atoms with Crippen LogP contribution in [0.5, 0.6) is 5.75 Å². The van der Waals surface area contributed by atoms with Gasteiger partial charge in [-0.15, -0.1) is 0 Å². The standard InChI is InChI=1S/C16H14ClNO4/c1-10(15(20)18-13-7-5-12(17)6-8-13)22-16(21)11-3-2-4-14(19)9-11/h2-10,19H,1H3,(H,18,20). The summed E-state index contributed by atoms with van der Waals surface area (Å²) in [6, 6.07) is 12.3. The van der Waals surface area contributed by atoms with Crippen molar-refractivity contribution in [1.82, 2.24) is 0 Å². The number of phenolic OH excluding ortho intramolecular Hbond substituents is 1. The van der Waals surface area contributed by atoms with Gasteiger partial charge in [0.1, 0.15) is 5.75 Å². The third kappa shape index (κ3) is 4.23. The Morgan fingerprint density at radius 1 is 1.18 bits per heavy atom. The summed E-state index contributed by atoms with van der Waals surface area (Å²) >= 11 is 5.76. The Bertz CT molecular complexity index is 685.